The van der Waals surface area contributed by atoms with Crippen LogP contribution in [0.15, 0.2) is 29.6 Å². The first-order chi connectivity index (χ1) is 8.24. The minimum absolute atomic E-state index is 0.568. The molecule has 0 radical (unpaired) electrons. The maximum atomic E-state index is 5.90. The smallest absolute Gasteiger partial charge is 0.184 e. The van der Waals surface area contributed by atoms with Crippen molar-refractivity contribution >= 4 is 11.3 Å². The Morgan fingerprint density at radius 1 is 1.24 bits per heavy atom. The fourth-order valence-electron chi connectivity index (χ4n) is 1.75. The molecule has 0 amide bonds. The third kappa shape index (κ3) is 2.68. The Balaban J connectivity index is 2.19. The van der Waals surface area contributed by atoms with Crippen LogP contribution >= 0.6 is 11.3 Å². The first kappa shape index (κ1) is 12.1. The van der Waals surface area contributed by atoms with E-state index in [1.54, 1.807) is 11.3 Å². The van der Waals surface area contributed by atoms with Gasteiger partial charge in [0.05, 0.1) is 0 Å². The Morgan fingerprint density at radius 2 is 1.94 bits per heavy atom. The van der Waals surface area contributed by atoms with Crippen LogP contribution in [0, 0.1) is 6.92 Å². The second kappa shape index (κ2) is 5.34. The summed E-state index contributed by atoms with van der Waals surface area (Å²) < 4.78 is 5.90. The maximum Gasteiger partial charge on any atom is 0.184 e. The molecule has 17 heavy (non-hydrogen) atoms. The van der Waals surface area contributed by atoms with Crippen LogP contribution in [0.3, 0.4) is 0 Å². The minimum Gasteiger partial charge on any atom is -0.446 e. The van der Waals surface area contributed by atoms with Crippen LogP contribution in [0.2, 0.25) is 0 Å². The van der Waals surface area contributed by atoms with Crippen LogP contribution in [-0.2, 0) is 13.0 Å². The average Bonchev–Trinajstić information content (AvgIpc) is 2.71. The van der Waals surface area contributed by atoms with E-state index in [1.165, 1.54) is 11.1 Å². The van der Waals surface area contributed by atoms with Crippen molar-refractivity contribution in [1.82, 2.24) is 0 Å². The molecule has 0 fully saturated rings. The number of ether oxygens (including phenoxy) is 1. The largest absolute Gasteiger partial charge is 0.446 e. The van der Waals surface area contributed by atoms with Crippen LogP contribution in [-0.4, -0.2) is 0 Å². The molecule has 2 aromatic rings. The van der Waals surface area contributed by atoms with E-state index in [9.17, 15) is 0 Å². The lowest BCUT2D eigenvalue weighted by Crippen LogP contribution is -1.95. The summed E-state index contributed by atoms with van der Waals surface area (Å²) in [5.41, 5.74) is 9.30. The number of aryl methyl sites for hydroxylation is 1. The van der Waals surface area contributed by atoms with Gasteiger partial charge >= 0.3 is 0 Å². The highest BCUT2D eigenvalue weighted by molar-refractivity contribution is 7.12. The van der Waals surface area contributed by atoms with Gasteiger partial charge in [-0.25, -0.2) is 0 Å². The summed E-state index contributed by atoms with van der Waals surface area (Å²) in [5.74, 6) is 0.874. The molecule has 2 rings (SSSR count). The molecule has 3 heteroatoms. The van der Waals surface area contributed by atoms with E-state index >= 15 is 0 Å². The van der Waals surface area contributed by atoms with Crippen LogP contribution in [0.25, 0.3) is 0 Å². The van der Waals surface area contributed by atoms with Crippen LogP contribution < -0.4 is 10.5 Å². The Labute approximate surface area is 106 Å². The van der Waals surface area contributed by atoms with E-state index < -0.39 is 0 Å². The predicted molar refractivity (Wildman–Crippen MR) is 72.8 cm³/mol. The first-order valence-corrected chi connectivity index (χ1v) is 6.66. The second-order valence-electron chi connectivity index (χ2n) is 3.99. The molecule has 0 aliphatic carbocycles. The summed E-state index contributed by atoms with van der Waals surface area (Å²) >= 11 is 1.66. The highest BCUT2D eigenvalue weighted by Gasteiger charge is 2.08. The Bertz CT molecular complexity index is 487. The number of rotatable bonds is 4. The zero-order valence-electron chi connectivity index (χ0n) is 10.2. The lowest BCUT2D eigenvalue weighted by Gasteiger charge is -2.06. The topological polar surface area (TPSA) is 35.2 Å². The molecule has 90 valence electrons. The average molecular weight is 247 g/mol. The van der Waals surface area contributed by atoms with E-state index in [1.807, 2.05) is 24.3 Å². The molecule has 1 aromatic heterocycles. The van der Waals surface area contributed by atoms with Gasteiger partial charge in [0.25, 0.3) is 0 Å². The lowest BCUT2D eigenvalue weighted by molar-refractivity contribution is 0.490. The van der Waals surface area contributed by atoms with E-state index in [0.29, 0.717) is 6.54 Å². The Kier molecular flexibility index (Phi) is 3.82. The SMILES string of the molecule is CCc1c(C)csc1Oc1ccc(CN)cc1. The molecule has 0 saturated heterocycles. The van der Waals surface area contributed by atoms with Crippen LogP contribution in [0.1, 0.15) is 23.6 Å². The number of nitrogens with two attached hydrogens (primary N) is 1. The quantitative estimate of drug-likeness (QED) is 0.890. The zero-order chi connectivity index (χ0) is 12.3. The molecule has 0 aliphatic rings. The third-order valence-corrected chi connectivity index (χ3v) is 3.80. The minimum atomic E-state index is 0.568. The van der Waals surface area contributed by atoms with Gasteiger partial charge in [0.1, 0.15) is 5.75 Å². The van der Waals surface area contributed by atoms with Gasteiger partial charge in [-0.15, -0.1) is 11.3 Å². The lowest BCUT2D eigenvalue weighted by atomic mass is 10.2. The first-order valence-electron chi connectivity index (χ1n) is 5.78. The number of benzene rings is 1. The van der Waals surface area contributed by atoms with Gasteiger partial charge in [-0.2, -0.15) is 0 Å². The van der Waals surface area contributed by atoms with Gasteiger partial charge in [0, 0.05) is 12.1 Å². The van der Waals surface area contributed by atoms with Gasteiger partial charge in [-0.1, -0.05) is 19.1 Å². The monoisotopic (exact) mass is 247 g/mol. The Hall–Kier alpha value is -1.32. The van der Waals surface area contributed by atoms with Crippen molar-refractivity contribution in [1.29, 1.82) is 0 Å². The molecule has 0 aliphatic heterocycles. The second-order valence-corrected chi connectivity index (χ2v) is 4.83. The molecule has 1 heterocycles. The van der Waals surface area contributed by atoms with E-state index in [0.717, 1.165) is 22.8 Å². The summed E-state index contributed by atoms with van der Waals surface area (Å²) in [6, 6.07) is 7.94. The van der Waals surface area contributed by atoms with Crippen molar-refractivity contribution in [2.24, 2.45) is 5.73 Å². The van der Waals surface area contributed by atoms with E-state index in [2.05, 4.69) is 19.2 Å². The van der Waals surface area contributed by atoms with Crippen molar-refractivity contribution in [2.45, 2.75) is 26.8 Å². The van der Waals surface area contributed by atoms with Gasteiger partial charge in [-0.05, 0) is 42.0 Å². The molecule has 1 aromatic carbocycles. The zero-order valence-corrected chi connectivity index (χ0v) is 11.0. The fourth-order valence-corrected chi connectivity index (χ4v) is 2.77. The van der Waals surface area contributed by atoms with Gasteiger partial charge < -0.3 is 10.5 Å². The van der Waals surface area contributed by atoms with Crippen molar-refractivity contribution in [3.8, 4) is 10.8 Å². The number of hydrogen-bond acceptors (Lipinski definition) is 3. The molecular weight excluding hydrogens is 230 g/mol. The third-order valence-electron chi connectivity index (χ3n) is 2.79. The molecule has 2 nitrogen and oxygen atoms in total. The van der Waals surface area contributed by atoms with Crippen molar-refractivity contribution in [3.05, 3.63) is 46.3 Å². The summed E-state index contributed by atoms with van der Waals surface area (Å²) in [5, 5.41) is 3.15. The summed E-state index contributed by atoms with van der Waals surface area (Å²) in [4.78, 5) is 0. The highest BCUT2D eigenvalue weighted by Crippen LogP contribution is 2.34. The van der Waals surface area contributed by atoms with E-state index in [4.69, 9.17) is 10.5 Å². The molecular formula is C14H17NOS. The van der Waals surface area contributed by atoms with Gasteiger partial charge in [-0.3, -0.25) is 0 Å². The summed E-state index contributed by atoms with van der Waals surface area (Å²) in [6.07, 6.45) is 1.01. The molecule has 0 saturated carbocycles. The van der Waals surface area contributed by atoms with Crippen LogP contribution in [0.5, 0.6) is 10.8 Å². The summed E-state index contributed by atoms with van der Waals surface area (Å²) in [6.45, 7) is 4.84. The van der Waals surface area contributed by atoms with Gasteiger partial charge in [0.15, 0.2) is 5.06 Å². The van der Waals surface area contributed by atoms with E-state index in [-0.39, 0.29) is 0 Å². The molecule has 0 atom stereocenters. The van der Waals surface area contributed by atoms with Crippen LogP contribution in [0.4, 0.5) is 0 Å². The van der Waals surface area contributed by atoms with Gasteiger partial charge in [0.2, 0.25) is 0 Å². The molecule has 0 spiro atoms. The number of hydrogen-bond donors (Lipinski definition) is 1. The highest BCUT2D eigenvalue weighted by atomic mass is 32.1. The normalized spacial score (nSPS) is 10.5. The van der Waals surface area contributed by atoms with Crippen molar-refractivity contribution in [2.75, 3.05) is 0 Å². The fraction of sp³-hybridized carbons (Fsp3) is 0.286. The Morgan fingerprint density at radius 3 is 2.53 bits per heavy atom. The predicted octanol–water partition coefficient (Wildman–Crippen LogP) is 3.87. The number of thiophene rings is 1. The molecule has 0 bridgehead atoms. The molecule has 2 N–H and O–H groups in total. The maximum absolute atomic E-state index is 5.90. The standard InChI is InChI=1S/C14H17NOS/c1-3-13-10(2)9-17-14(13)16-12-6-4-11(8-15)5-7-12/h4-7,9H,3,8,15H2,1-2H3. The molecule has 0 unspecified atom stereocenters. The summed E-state index contributed by atoms with van der Waals surface area (Å²) in [7, 11) is 0. The van der Waals surface area contributed by atoms with Crippen molar-refractivity contribution < 1.29 is 4.74 Å². The van der Waals surface area contributed by atoms with Crippen molar-refractivity contribution in [3.63, 3.8) is 0 Å².